The van der Waals surface area contributed by atoms with E-state index in [2.05, 4.69) is 19.2 Å². The lowest BCUT2D eigenvalue weighted by molar-refractivity contribution is 1.04. The van der Waals surface area contributed by atoms with Crippen LogP contribution in [0.15, 0.2) is 46.0 Å². The van der Waals surface area contributed by atoms with E-state index in [0.717, 1.165) is 12.8 Å². The van der Waals surface area contributed by atoms with E-state index in [-0.39, 0.29) is 0 Å². The molecule has 0 heterocycles. The van der Waals surface area contributed by atoms with Gasteiger partial charge < -0.3 is 5.73 Å². The molecule has 14 heavy (non-hydrogen) atoms. The summed E-state index contributed by atoms with van der Waals surface area (Å²) >= 11 is 15.5. The van der Waals surface area contributed by atoms with Gasteiger partial charge in [-0.05, 0) is 25.0 Å². The molecule has 0 aliphatic heterocycles. The summed E-state index contributed by atoms with van der Waals surface area (Å²) in [5.74, 6) is 0. The standard InChI is InChI=1S/C10H13Cl2NS/c1-2-8(11)9(12)6-4-3-5-7-10(13)14/h2,4,6-7,14H,1,3,5,13H2/b6-4-,9-8-,10-7-. The molecule has 0 aromatic heterocycles. The van der Waals surface area contributed by atoms with Gasteiger partial charge in [0.15, 0.2) is 0 Å². The Bertz CT molecular complexity index is 276. The summed E-state index contributed by atoms with van der Waals surface area (Å²) in [5.41, 5.74) is 5.34. The SMILES string of the molecule is C=C/C(Cl)=C(Cl)\C=C/CC/C=C(/N)S. The second-order valence-electron chi connectivity index (χ2n) is 2.51. The van der Waals surface area contributed by atoms with Crippen molar-refractivity contribution >= 4 is 35.8 Å². The van der Waals surface area contributed by atoms with Crippen LogP contribution < -0.4 is 5.73 Å². The van der Waals surface area contributed by atoms with Crippen LogP contribution in [-0.2, 0) is 0 Å². The molecule has 0 fully saturated rings. The second kappa shape index (κ2) is 8.04. The molecule has 2 N–H and O–H groups in total. The van der Waals surface area contributed by atoms with Gasteiger partial charge in [-0.1, -0.05) is 41.9 Å². The lowest BCUT2D eigenvalue weighted by Crippen LogP contribution is -1.85. The van der Waals surface area contributed by atoms with Crippen molar-refractivity contribution < 1.29 is 0 Å². The average molecular weight is 250 g/mol. The van der Waals surface area contributed by atoms with Gasteiger partial charge in [-0.15, -0.1) is 12.6 Å². The fourth-order valence-corrected chi connectivity index (χ4v) is 1.05. The van der Waals surface area contributed by atoms with E-state index in [9.17, 15) is 0 Å². The van der Waals surface area contributed by atoms with E-state index in [1.165, 1.54) is 6.08 Å². The van der Waals surface area contributed by atoms with E-state index in [1.54, 1.807) is 6.08 Å². The molecule has 0 atom stereocenters. The summed E-state index contributed by atoms with van der Waals surface area (Å²) in [6.45, 7) is 3.50. The highest BCUT2D eigenvalue weighted by molar-refractivity contribution is 7.84. The predicted molar refractivity (Wildman–Crippen MR) is 68.6 cm³/mol. The molecule has 1 nitrogen and oxygen atoms in total. The lowest BCUT2D eigenvalue weighted by Gasteiger charge is -1.92. The largest absolute Gasteiger partial charge is 0.394 e. The summed E-state index contributed by atoms with van der Waals surface area (Å²) < 4.78 is 0. The molecular formula is C10H13Cl2NS. The quantitative estimate of drug-likeness (QED) is 0.431. The minimum absolute atomic E-state index is 0.451. The van der Waals surface area contributed by atoms with Crippen molar-refractivity contribution in [3.63, 3.8) is 0 Å². The van der Waals surface area contributed by atoms with E-state index < -0.39 is 0 Å². The first-order valence-corrected chi connectivity index (χ1v) is 5.27. The van der Waals surface area contributed by atoms with Gasteiger partial charge in [0.2, 0.25) is 0 Å². The monoisotopic (exact) mass is 249 g/mol. The van der Waals surface area contributed by atoms with Crippen molar-refractivity contribution in [3.05, 3.63) is 46.0 Å². The maximum absolute atomic E-state index is 5.81. The van der Waals surface area contributed by atoms with Gasteiger partial charge in [0.25, 0.3) is 0 Å². The molecule has 4 heteroatoms. The smallest absolute Gasteiger partial charge is 0.0588 e. The topological polar surface area (TPSA) is 26.0 Å². The molecular weight excluding hydrogens is 237 g/mol. The molecule has 0 saturated carbocycles. The van der Waals surface area contributed by atoms with E-state index in [0.29, 0.717) is 15.1 Å². The van der Waals surface area contributed by atoms with Gasteiger partial charge in [-0.3, -0.25) is 0 Å². The molecule has 0 radical (unpaired) electrons. The summed E-state index contributed by atoms with van der Waals surface area (Å²) in [5, 5.41) is 1.47. The third-order valence-electron chi connectivity index (χ3n) is 1.36. The van der Waals surface area contributed by atoms with E-state index in [1.807, 2.05) is 12.2 Å². The molecule has 0 aromatic rings. The zero-order chi connectivity index (χ0) is 11.0. The van der Waals surface area contributed by atoms with Gasteiger partial charge in [-0.25, -0.2) is 0 Å². The Morgan fingerprint density at radius 3 is 2.43 bits per heavy atom. The number of thiol groups is 1. The Hall–Kier alpha value is -0.310. The highest BCUT2D eigenvalue weighted by atomic mass is 35.5. The Morgan fingerprint density at radius 2 is 1.93 bits per heavy atom. The molecule has 0 bridgehead atoms. The van der Waals surface area contributed by atoms with Gasteiger partial charge in [0.05, 0.1) is 15.1 Å². The summed E-state index contributed by atoms with van der Waals surface area (Å²) in [7, 11) is 0. The van der Waals surface area contributed by atoms with Crippen LogP contribution in [0, 0.1) is 0 Å². The number of hydrogen-bond acceptors (Lipinski definition) is 2. The van der Waals surface area contributed by atoms with Crippen LogP contribution in [-0.4, -0.2) is 0 Å². The first kappa shape index (κ1) is 13.7. The van der Waals surface area contributed by atoms with Crippen LogP contribution in [0.25, 0.3) is 0 Å². The number of hydrogen-bond donors (Lipinski definition) is 2. The normalized spacial score (nSPS) is 14.4. The van der Waals surface area contributed by atoms with Crippen LogP contribution in [0.5, 0.6) is 0 Å². The lowest BCUT2D eigenvalue weighted by atomic mass is 10.3. The molecule has 0 rings (SSSR count). The first-order valence-electron chi connectivity index (χ1n) is 4.06. The highest BCUT2D eigenvalue weighted by Crippen LogP contribution is 2.16. The van der Waals surface area contributed by atoms with Crippen molar-refractivity contribution in [3.8, 4) is 0 Å². The summed E-state index contributed by atoms with van der Waals surface area (Å²) in [6.07, 6.45) is 8.68. The average Bonchev–Trinajstić information content (AvgIpc) is 2.15. The van der Waals surface area contributed by atoms with Crippen molar-refractivity contribution in [2.45, 2.75) is 12.8 Å². The van der Waals surface area contributed by atoms with Gasteiger partial charge in [0.1, 0.15) is 0 Å². The fraction of sp³-hybridized carbons (Fsp3) is 0.200. The third kappa shape index (κ3) is 7.13. The maximum Gasteiger partial charge on any atom is 0.0588 e. The van der Waals surface area contributed by atoms with Gasteiger partial charge >= 0.3 is 0 Å². The zero-order valence-electron chi connectivity index (χ0n) is 7.71. The second-order valence-corrected chi connectivity index (χ2v) is 3.84. The highest BCUT2D eigenvalue weighted by Gasteiger charge is 1.91. The first-order chi connectivity index (χ1) is 6.57. The van der Waals surface area contributed by atoms with Crippen LogP contribution in [0.2, 0.25) is 0 Å². The number of halogens is 2. The van der Waals surface area contributed by atoms with Crippen molar-refractivity contribution in [1.29, 1.82) is 0 Å². The Morgan fingerprint density at radius 1 is 1.29 bits per heavy atom. The Balaban J connectivity index is 3.96. The summed E-state index contributed by atoms with van der Waals surface area (Å²) in [6, 6.07) is 0. The van der Waals surface area contributed by atoms with Crippen molar-refractivity contribution in [2.24, 2.45) is 5.73 Å². The van der Waals surface area contributed by atoms with Crippen molar-refractivity contribution in [1.82, 2.24) is 0 Å². The van der Waals surface area contributed by atoms with Crippen LogP contribution >= 0.6 is 35.8 Å². The number of unbranched alkanes of at least 4 members (excludes halogenated alkanes) is 1. The third-order valence-corrected chi connectivity index (χ3v) is 2.33. The van der Waals surface area contributed by atoms with E-state index in [4.69, 9.17) is 28.9 Å². The molecule has 0 saturated heterocycles. The molecule has 0 spiro atoms. The van der Waals surface area contributed by atoms with Crippen LogP contribution in [0.4, 0.5) is 0 Å². The van der Waals surface area contributed by atoms with Crippen LogP contribution in [0.1, 0.15) is 12.8 Å². The molecule has 0 aromatic carbocycles. The molecule has 0 aliphatic rings. The molecule has 0 unspecified atom stereocenters. The Labute approximate surface area is 100 Å². The minimum Gasteiger partial charge on any atom is -0.394 e. The fourth-order valence-electron chi connectivity index (χ4n) is 0.691. The molecule has 78 valence electrons. The number of rotatable bonds is 5. The minimum atomic E-state index is 0.451. The Kier molecular flexibility index (Phi) is 7.86. The zero-order valence-corrected chi connectivity index (χ0v) is 10.1. The van der Waals surface area contributed by atoms with E-state index >= 15 is 0 Å². The predicted octanol–water partition coefficient (Wildman–Crippen LogP) is 3.93. The van der Waals surface area contributed by atoms with Crippen molar-refractivity contribution in [2.75, 3.05) is 0 Å². The number of allylic oxidation sites excluding steroid dienone is 6. The molecule has 0 amide bonds. The van der Waals surface area contributed by atoms with Gasteiger partial charge in [0, 0.05) is 0 Å². The molecule has 0 aliphatic carbocycles. The van der Waals surface area contributed by atoms with Gasteiger partial charge in [-0.2, -0.15) is 0 Å². The number of nitrogens with two attached hydrogens (primary N) is 1. The maximum atomic E-state index is 5.81. The summed E-state index contributed by atoms with van der Waals surface area (Å²) in [4.78, 5) is 0. The van der Waals surface area contributed by atoms with Crippen LogP contribution in [0.3, 0.4) is 0 Å².